The van der Waals surface area contributed by atoms with Crippen LogP contribution in [-0.2, 0) is 5.41 Å². The van der Waals surface area contributed by atoms with Crippen molar-refractivity contribution >= 4 is 27.8 Å². The zero-order valence-electron chi connectivity index (χ0n) is 35.0. The molecule has 0 fully saturated rings. The van der Waals surface area contributed by atoms with Gasteiger partial charge in [-0.25, -0.2) is 0 Å². The van der Waals surface area contributed by atoms with E-state index in [1.807, 2.05) is 0 Å². The molecule has 1 aliphatic carbocycles. The first-order chi connectivity index (χ1) is 30.5. The van der Waals surface area contributed by atoms with Crippen LogP contribution < -0.4 is 4.90 Å². The van der Waals surface area contributed by atoms with Gasteiger partial charge in [0.15, 0.2) is 0 Å². The van der Waals surface area contributed by atoms with Crippen LogP contribution >= 0.6 is 0 Å². The molecule has 0 amide bonds. The molecule has 0 saturated heterocycles. The highest BCUT2D eigenvalue weighted by Crippen LogP contribution is 2.52. The quantitative estimate of drug-likeness (QED) is 0.148. The smallest absolute Gasteiger partial charge is 0.0467 e. The van der Waals surface area contributed by atoms with Crippen molar-refractivity contribution in [2.24, 2.45) is 0 Å². The molecule has 0 spiro atoms. The average Bonchev–Trinajstić information content (AvgIpc) is 3.58. The van der Waals surface area contributed by atoms with Gasteiger partial charge < -0.3 is 4.90 Å². The fourth-order valence-electron chi connectivity index (χ4n) is 9.79. The number of nitrogens with zero attached hydrogens (tertiary/aromatic N) is 1. The molecule has 1 heteroatoms. The van der Waals surface area contributed by atoms with E-state index in [2.05, 4.69) is 255 Å². The van der Waals surface area contributed by atoms with Gasteiger partial charge in [-0.15, -0.1) is 0 Å². The van der Waals surface area contributed by atoms with Gasteiger partial charge >= 0.3 is 0 Å². The van der Waals surface area contributed by atoms with Gasteiger partial charge in [-0.3, -0.25) is 0 Å². The number of hydrogen-bond acceptors (Lipinski definition) is 1. The minimum Gasteiger partial charge on any atom is -0.310 e. The summed E-state index contributed by atoms with van der Waals surface area (Å²) in [6, 6.07) is 86.5. The second-order valence-electron chi connectivity index (χ2n) is 16.9. The maximum Gasteiger partial charge on any atom is 0.0467 e. The summed E-state index contributed by atoms with van der Waals surface area (Å²) in [4.78, 5) is 2.39. The molecule has 0 atom stereocenters. The Morgan fingerprint density at radius 1 is 0.274 bits per heavy atom. The van der Waals surface area contributed by atoms with Crippen molar-refractivity contribution in [2.45, 2.75) is 19.3 Å². The normalized spacial score (nSPS) is 12.5. The Labute approximate surface area is 364 Å². The van der Waals surface area contributed by atoms with Crippen LogP contribution in [0.4, 0.5) is 17.1 Å². The number of benzene rings is 10. The van der Waals surface area contributed by atoms with Crippen molar-refractivity contribution in [1.82, 2.24) is 0 Å². The number of hydrogen-bond donors (Lipinski definition) is 0. The predicted molar refractivity (Wildman–Crippen MR) is 263 cm³/mol. The van der Waals surface area contributed by atoms with E-state index in [-0.39, 0.29) is 5.41 Å². The highest BCUT2D eigenvalue weighted by Gasteiger charge is 2.37. The lowest BCUT2D eigenvalue weighted by atomic mass is 9.79. The van der Waals surface area contributed by atoms with Gasteiger partial charge in [-0.05, 0) is 137 Å². The Morgan fingerprint density at radius 3 is 1.52 bits per heavy atom. The predicted octanol–water partition coefficient (Wildman–Crippen LogP) is 17.0. The van der Waals surface area contributed by atoms with E-state index in [4.69, 9.17) is 0 Å². The Balaban J connectivity index is 0.991. The van der Waals surface area contributed by atoms with Crippen molar-refractivity contribution in [2.75, 3.05) is 4.90 Å². The van der Waals surface area contributed by atoms with Gasteiger partial charge in [0.25, 0.3) is 0 Å². The monoisotopic (exact) mass is 791 g/mol. The average molecular weight is 792 g/mol. The van der Waals surface area contributed by atoms with Gasteiger partial charge in [0.2, 0.25) is 0 Å². The molecule has 1 aliphatic rings. The molecule has 0 saturated carbocycles. The number of rotatable bonds is 8. The first kappa shape index (κ1) is 37.3. The molecule has 0 heterocycles. The molecule has 0 radical (unpaired) electrons. The van der Waals surface area contributed by atoms with Crippen LogP contribution in [0.5, 0.6) is 0 Å². The van der Waals surface area contributed by atoms with Gasteiger partial charge in [0.1, 0.15) is 0 Å². The first-order valence-corrected chi connectivity index (χ1v) is 21.6. The molecular formula is C61H45N. The fraction of sp³-hybridized carbons (Fsp3) is 0.0492. The number of fused-ring (bicyclic) bond motifs is 4. The van der Waals surface area contributed by atoms with Crippen LogP contribution in [0.1, 0.15) is 25.0 Å². The molecule has 0 aliphatic heterocycles. The molecular weight excluding hydrogens is 747 g/mol. The van der Waals surface area contributed by atoms with Crippen molar-refractivity contribution in [3.8, 4) is 66.8 Å². The zero-order chi connectivity index (χ0) is 41.6. The van der Waals surface area contributed by atoms with Crippen molar-refractivity contribution in [3.63, 3.8) is 0 Å². The third kappa shape index (κ3) is 6.60. The van der Waals surface area contributed by atoms with Crippen LogP contribution in [0.15, 0.2) is 237 Å². The summed E-state index contributed by atoms with van der Waals surface area (Å²) < 4.78 is 0. The standard InChI is InChI=1S/C61H45N/c1-61(2)59-28-11-10-25-57(59)58-27-14-26-56(60(58)61)45-33-37-52(38-34-45)62(53-22-13-21-50(41-53)55-24-9-8-23-54(55)44-16-4-3-5-17-44)51-35-31-43(32-36-51)47-19-12-20-48(39-47)49-30-29-42-15-6-7-18-46(42)40-49/h3-41H,1-2H3. The minimum atomic E-state index is -0.0968. The third-order valence-corrected chi connectivity index (χ3v) is 12.8. The van der Waals surface area contributed by atoms with Crippen molar-refractivity contribution in [1.29, 1.82) is 0 Å². The van der Waals surface area contributed by atoms with Crippen LogP contribution in [0, 0.1) is 0 Å². The maximum atomic E-state index is 2.39. The summed E-state index contributed by atoms with van der Waals surface area (Å²) >= 11 is 0. The van der Waals surface area contributed by atoms with Crippen LogP contribution in [0.25, 0.3) is 77.5 Å². The van der Waals surface area contributed by atoms with Crippen LogP contribution in [0.3, 0.4) is 0 Å². The summed E-state index contributed by atoms with van der Waals surface area (Å²) in [5, 5.41) is 2.51. The fourth-order valence-corrected chi connectivity index (χ4v) is 9.79. The summed E-state index contributed by atoms with van der Waals surface area (Å²) in [6.45, 7) is 4.73. The van der Waals surface area contributed by atoms with E-state index >= 15 is 0 Å². The highest BCUT2D eigenvalue weighted by molar-refractivity contribution is 5.91. The lowest BCUT2D eigenvalue weighted by Crippen LogP contribution is -2.16. The van der Waals surface area contributed by atoms with Crippen LogP contribution in [-0.4, -0.2) is 0 Å². The topological polar surface area (TPSA) is 3.24 Å². The first-order valence-electron chi connectivity index (χ1n) is 21.6. The third-order valence-electron chi connectivity index (χ3n) is 12.8. The molecule has 10 aromatic carbocycles. The second-order valence-corrected chi connectivity index (χ2v) is 16.9. The largest absolute Gasteiger partial charge is 0.310 e. The molecule has 62 heavy (non-hydrogen) atoms. The van der Waals surface area contributed by atoms with Gasteiger partial charge in [-0.2, -0.15) is 0 Å². The molecule has 0 aromatic heterocycles. The molecule has 294 valence electrons. The summed E-state index contributed by atoms with van der Waals surface area (Å²) in [5.41, 5.74) is 20.8. The number of anilines is 3. The molecule has 1 nitrogen and oxygen atoms in total. The van der Waals surface area contributed by atoms with E-state index in [0.717, 1.165) is 17.1 Å². The Morgan fingerprint density at radius 2 is 0.758 bits per heavy atom. The Bertz CT molecular complexity index is 3250. The summed E-state index contributed by atoms with van der Waals surface area (Å²) in [5.74, 6) is 0. The van der Waals surface area contributed by atoms with E-state index < -0.39 is 0 Å². The SMILES string of the molecule is CC1(C)c2ccccc2-c2cccc(-c3ccc(N(c4ccc(-c5cccc(-c6ccc7ccccc7c6)c5)cc4)c4cccc(-c5ccccc5-c5ccccc5)c4)cc3)c21. The maximum absolute atomic E-state index is 2.39. The lowest BCUT2D eigenvalue weighted by Gasteiger charge is -2.27. The highest BCUT2D eigenvalue weighted by atomic mass is 15.1. The van der Waals surface area contributed by atoms with Crippen molar-refractivity contribution in [3.05, 3.63) is 248 Å². The van der Waals surface area contributed by atoms with E-state index in [0.29, 0.717) is 0 Å². The van der Waals surface area contributed by atoms with Gasteiger partial charge in [0.05, 0.1) is 0 Å². The molecule has 0 N–H and O–H groups in total. The molecule has 11 rings (SSSR count). The van der Waals surface area contributed by atoms with Gasteiger partial charge in [-0.1, -0.05) is 202 Å². The van der Waals surface area contributed by atoms with Crippen LogP contribution in [0.2, 0.25) is 0 Å². The minimum absolute atomic E-state index is 0.0968. The van der Waals surface area contributed by atoms with E-state index in [1.165, 1.54) is 88.7 Å². The zero-order valence-corrected chi connectivity index (χ0v) is 35.0. The van der Waals surface area contributed by atoms with E-state index in [9.17, 15) is 0 Å². The molecule has 10 aromatic rings. The Hall–Kier alpha value is -7.74. The van der Waals surface area contributed by atoms with E-state index in [1.54, 1.807) is 0 Å². The second kappa shape index (κ2) is 15.4. The lowest BCUT2D eigenvalue weighted by molar-refractivity contribution is 0.662. The van der Waals surface area contributed by atoms with Gasteiger partial charge in [0, 0.05) is 22.5 Å². The van der Waals surface area contributed by atoms with Crippen molar-refractivity contribution < 1.29 is 0 Å². The summed E-state index contributed by atoms with van der Waals surface area (Å²) in [6.07, 6.45) is 0. The molecule has 0 bridgehead atoms. The Kier molecular flexibility index (Phi) is 9.24. The summed E-state index contributed by atoms with van der Waals surface area (Å²) in [7, 11) is 0. The molecule has 0 unspecified atom stereocenters.